The molecule has 0 aliphatic carbocycles. The summed E-state index contributed by atoms with van der Waals surface area (Å²) in [5.74, 6) is 2.80. The molecule has 0 aliphatic rings. The quantitative estimate of drug-likeness (QED) is 0.490. The van der Waals surface area contributed by atoms with E-state index in [1.54, 1.807) is 0 Å². The summed E-state index contributed by atoms with van der Waals surface area (Å²) < 4.78 is 5.53. The van der Waals surface area contributed by atoms with Crippen molar-refractivity contribution in [3.63, 3.8) is 0 Å². The molecule has 0 unspecified atom stereocenters. The first-order valence-electron chi connectivity index (χ1n) is 8.93. The molecule has 0 radical (unpaired) electrons. The number of benzene rings is 3. The lowest BCUT2D eigenvalue weighted by atomic mass is 10.1. The smallest absolute Gasteiger partial charge is 0.164 e. The van der Waals surface area contributed by atoms with Crippen LogP contribution in [0.2, 0.25) is 0 Å². The lowest BCUT2D eigenvalue weighted by Gasteiger charge is -2.09. The van der Waals surface area contributed by atoms with Crippen LogP contribution in [0.5, 0.6) is 5.75 Å². The fraction of sp³-hybridized carbons (Fsp3) is 0.0870. The largest absolute Gasteiger partial charge is 0.494 e. The van der Waals surface area contributed by atoms with Gasteiger partial charge < -0.3 is 4.74 Å². The molecule has 4 nitrogen and oxygen atoms in total. The molecular weight excluding hydrogens is 334 g/mol. The van der Waals surface area contributed by atoms with Crippen molar-refractivity contribution in [2.24, 2.45) is 0 Å². The van der Waals surface area contributed by atoms with Gasteiger partial charge in [-0.1, -0.05) is 60.7 Å². The Balaban J connectivity index is 1.83. The summed E-state index contributed by atoms with van der Waals surface area (Å²) in [6.45, 7) is 2.61. The zero-order valence-electron chi connectivity index (χ0n) is 15.0. The third kappa shape index (κ3) is 3.85. The molecule has 4 rings (SSSR count). The number of ether oxygens (including phenoxy) is 1. The first-order chi connectivity index (χ1) is 13.3. The molecule has 0 aliphatic heterocycles. The summed E-state index contributed by atoms with van der Waals surface area (Å²) in [6, 6.07) is 27.8. The summed E-state index contributed by atoms with van der Waals surface area (Å²) in [5.41, 5.74) is 2.85. The average Bonchev–Trinajstić information content (AvgIpc) is 2.75. The van der Waals surface area contributed by atoms with E-state index in [1.807, 2.05) is 91.9 Å². The summed E-state index contributed by atoms with van der Waals surface area (Å²) >= 11 is 0. The minimum absolute atomic E-state index is 0.640. The zero-order valence-corrected chi connectivity index (χ0v) is 15.0. The fourth-order valence-electron chi connectivity index (χ4n) is 2.80. The maximum absolute atomic E-state index is 5.53. The van der Waals surface area contributed by atoms with E-state index in [0.29, 0.717) is 24.1 Å². The minimum Gasteiger partial charge on any atom is -0.494 e. The molecule has 0 spiro atoms. The normalized spacial score (nSPS) is 10.6. The van der Waals surface area contributed by atoms with E-state index in [4.69, 9.17) is 19.7 Å². The van der Waals surface area contributed by atoms with Crippen LogP contribution in [0.3, 0.4) is 0 Å². The first kappa shape index (κ1) is 16.9. The van der Waals surface area contributed by atoms with Crippen molar-refractivity contribution in [1.82, 2.24) is 15.0 Å². The molecule has 132 valence electrons. The topological polar surface area (TPSA) is 47.9 Å². The summed E-state index contributed by atoms with van der Waals surface area (Å²) in [7, 11) is 0. The molecule has 3 aromatic carbocycles. The molecule has 1 heterocycles. The van der Waals surface area contributed by atoms with Crippen molar-refractivity contribution in [2.75, 3.05) is 6.61 Å². The Labute approximate surface area is 158 Å². The molecule has 0 amide bonds. The second-order valence-electron chi connectivity index (χ2n) is 6.00. The highest BCUT2D eigenvalue weighted by atomic mass is 16.5. The summed E-state index contributed by atoms with van der Waals surface area (Å²) in [5, 5.41) is 0. The number of nitrogens with zero attached hydrogens (tertiary/aromatic N) is 3. The molecule has 27 heavy (non-hydrogen) atoms. The number of aromatic nitrogens is 3. The van der Waals surface area contributed by atoms with E-state index in [0.717, 1.165) is 22.4 Å². The predicted octanol–water partition coefficient (Wildman–Crippen LogP) is 5.27. The highest BCUT2D eigenvalue weighted by Crippen LogP contribution is 2.25. The average molecular weight is 353 g/mol. The van der Waals surface area contributed by atoms with Crippen LogP contribution in [0.4, 0.5) is 0 Å². The minimum atomic E-state index is 0.640. The Morgan fingerprint density at radius 3 is 1.37 bits per heavy atom. The van der Waals surface area contributed by atoms with Crippen LogP contribution in [0.25, 0.3) is 34.2 Å². The van der Waals surface area contributed by atoms with Crippen LogP contribution in [-0.4, -0.2) is 21.6 Å². The summed E-state index contributed by atoms with van der Waals surface area (Å²) in [6.07, 6.45) is 0. The Morgan fingerprint density at radius 2 is 0.963 bits per heavy atom. The van der Waals surface area contributed by atoms with Crippen LogP contribution < -0.4 is 4.74 Å². The Bertz CT molecular complexity index is 959. The molecule has 4 aromatic rings. The third-order valence-corrected chi connectivity index (χ3v) is 4.12. The SMILES string of the molecule is CCOc1ccc(-c2nc(-c3ccccc3)nc(-c3ccccc3)n2)cc1. The van der Waals surface area contributed by atoms with E-state index >= 15 is 0 Å². The van der Waals surface area contributed by atoms with Crippen molar-refractivity contribution in [3.05, 3.63) is 84.9 Å². The number of hydrogen-bond donors (Lipinski definition) is 0. The Kier molecular flexibility index (Phi) is 4.88. The van der Waals surface area contributed by atoms with Gasteiger partial charge in [0.2, 0.25) is 0 Å². The molecule has 4 heteroatoms. The van der Waals surface area contributed by atoms with Gasteiger partial charge >= 0.3 is 0 Å². The van der Waals surface area contributed by atoms with Gasteiger partial charge in [-0.05, 0) is 31.2 Å². The highest BCUT2D eigenvalue weighted by Gasteiger charge is 2.11. The van der Waals surface area contributed by atoms with Gasteiger partial charge in [0.25, 0.3) is 0 Å². The molecule has 0 saturated carbocycles. The Hall–Kier alpha value is -3.53. The summed E-state index contributed by atoms with van der Waals surface area (Å²) in [4.78, 5) is 14.1. The standard InChI is InChI=1S/C23H19N3O/c1-2-27-20-15-13-19(14-16-20)23-25-21(17-9-5-3-6-10-17)24-22(26-23)18-11-7-4-8-12-18/h3-16H,2H2,1H3. The van der Waals surface area contributed by atoms with Gasteiger partial charge in [0.05, 0.1) is 6.61 Å². The van der Waals surface area contributed by atoms with Crippen LogP contribution in [0, 0.1) is 0 Å². The van der Waals surface area contributed by atoms with Crippen molar-refractivity contribution >= 4 is 0 Å². The molecule has 1 aromatic heterocycles. The zero-order chi connectivity index (χ0) is 18.5. The fourth-order valence-corrected chi connectivity index (χ4v) is 2.80. The highest BCUT2D eigenvalue weighted by molar-refractivity contribution is 5.66. The van der Waals surface area contributed by atoms with Gasteiger partial charge in [0.1, 0.15) is 5.75 Å². The van der Waals surface area contributed by atoms with Crippen LogP contribution in [-0.2, 0) is 0 Å². The predicted molar refractivity (Wildman–Crippen MR) is 107 cm³/mol. The molecule has 0 saturated heterocycles. The number of hydrogen-bond acceptors (Lipinski definition) is 4. The van der Waals surface area contributed by atoms with E-state index in [-0.39, 0.29) is 0 Å². The molecule has 0 N–H and O–H groups in total. The van der Waals surface area contributed by atoms with Crippen molar-refractivity contribution in [3.8, 4) is 39.9 Å². The van der Waals surface area contributed by atoms with Gasteiger partial charge in [-0.3, -0.25) is 0 Å². The van der Waals surface area contributed by atoms with Gasteiger partial charge in [-0.2, -0.15) is 0 Å². The maximum Gasteiger partial charge on any atom is 0.164 e. The Morgan fingerprint density at radius 1 is 0.556 bits per heavy atom. The van der Waals surface area contributed by atoms with Crippen molar-refractivity contribution in [2.45, 2.75) is 6.92 Å². The molecular formula is C23H19N3O. The van der Waals surface area contributed by atoms with Crippen LogP contribution >= 0.6 is 0 Å². The van der Waals surface area contributed by atoms with Crippen molar-refractivity contribution < 1.29 is 4.74 Å². The number of rotatable bonds is 5. The van der Waals surface area contributed by atoms with Crippen LogP contribution in [0.1, 0.15) is 6.92 Å². The van der Waals surface area contributed by atoms with E-state index in [1.165, 1.54) is 0 Å². The maximum atomic E-state index is 5.53. The van der Waals surface area contributed by atoms with Gasteiger partial charge in [0.15, 0.2) is 17.5 Å². The monoisotopic (exact) mass is 353 g/mol. The molecule has 0 bridgehead atoms. The van der Waals surface area contributed by atoms with Gasteiger partial charge in [0, 0.05) is 16.7 Å². The molecule has 0 fully saturated rings. The molecule has 0 atom stereocenters. The lowest BCUT2D eigenvalue weighted by Crippen LogP contribution is -2.00. The van der Waals surface area contributed by atoms with Gasteiger partial charge in [-0.15, -0.1) is 0 Å². The lowest BCUT2D eigenvalue weighted by molar-refractivity contribution is 0.340. The van der Waals surface area contributed by atoms with Crippen molar-refractivity contribution in [1.29, 1.82) is 0 Å². The second kappa shape index (κ2) is 7.79. The second-order valence-corrected chi connectivity index (χ2v) is 6.00. The van der Waals surface area contributed by atoms with Crippen LogP contribution in [0.15, 0.2) is 84.9 Å². The van der Waals surface area contributed by atoms with E-state index < -0.39 is 0 Å². The van der Waals surface area contributed by atoms with E-state index in [9.17, 15) is 0 Å². The van der Waals surface area contributed by atoms with Gasteiger partial charge in [-0.25, -0.2) is 15.0 Å². The van der Waals surface area contributed by atoms with E-state index in [2.05, 4.69) is 0 Å². The first-order valence-corrected chi connectivity index (χ1v) is 8.93. The third-order valence-electron chi connectivity index (χ3n) is 4.12.